The summed E-state index contributed by atoms with van der Waals surface area (Å²) in [4.78, 5) is 17.5. The molecular formula is C21H24ClN3O4. The number of imidazole rings is 1. The van der Waals surface area contributed by atoms with Crippen molar-refractivity contribution in [3.05, 3.63) is 47.0 Å². The average Bonchev–Trinajstić information content (AvgIpc) is 3.07. The van der Waals surface area contributed by atoms with Gasteiger partial charge in [0.1, 0.15) is 0 Å². The number of aryl methyl sites for hydroxylation is 1. The maximum absolute atomic E-state index is 12.9. The summed E-state index contributed by atoms with van der Waals surface area (Å²) < 4.78 is 17.9. The lowest BCUT2D eigenvalue weighted by Crippen LogP contribution is -2.17. The van der Waals surface area contributed by atoms with Crippen LogP contribution < -0.4 is 14.8 Å². The van der Waals surface area contributed by atoms with E-state index < -0.39 is 0 Å². The van der Waals surface area contributed by atoms with Crippen molar-refractivity contribution < 1.29 is 19.0 Å². The highest BCUT2D eigenvalue weighted by Crippen LogP contribution is 2.36. The standard InChI is InChI=1S/C21H24ClN3O4/c1-4-29-11-7-10-25-17-9-6-5-8-16(17)23-21(25)24-20(26)14-12-15(22)19(28-3)18(13-14)27-2/h5-6,8-9,12-13H,4,7,10-11H2,1-3H3,(H,23,24,26). The van der Waals surface area contributed by atoms with E-state index >= 15 is 0 Å². The summed E-state index contributed by atoms with van der Waals surface area (Å²) >= 11 is 6.23. The highest BCUT2D eigenvalue weighted by Gasteiger charge is 2.18. The number of carbonyl (C=O) groups excluding carboxylic acids is 1. The highest BCUT2D eigenvalue weighted by atomic mass is 35.5. The van der Waals surface area contributed by atoms with Crippen LogP contribution in [0.4, 0.5) is 5.95 Å². The van der Waals surface area contributed by atoms with Crippen molar-refractivity contribution in [2.75, 3.05) is 32.8 Å². The molecule has 3 rings (SSSR count). The maximum atomic E-state index is 12.9. The molecule has 0 radical (unpaired) electrons. The van der Waals surface area contributed by atoms with Crippen molar-refractivity contribution in [1.29, 1.82) is 0 Å². The summed E-state index contributed by atoms with van der Waals surface area (Å²) in [6, 6.07) is 10.9. The van der Waals surface area contributed by atoms with Gasteiger partial charge in [-0.05, 0) is 37.6 Å². The molecule has 1 heterocycles. The zero-order valence-corrected chi connectivity index (χ0v) is 17.5. The van der Waals surface area contributed by atoms with Crippen molar-refractivity contribution in [2.45, 2.75) is 19.9 Å². The van der Waals surface area contributed by atoms with Gasteiger partial charge in [-0.25, -0.2) is 4.98 Å². The molecule has 1 amide bonds. The lowest BCUT2D eigenvalue weighted by molar-refractivity contribution is 0.102. The number of nitrogens with one attached hydrogen (secondary N) is 1. The molecule has 0 aliphatic rings. The second-order valence-electron chi connectivity index (χ2n) is 6.27. The number of amides is 1. The number of halogens is 1. The highest BCUT2D eigenvalue weighted by molar-refractivity contribution is 6.32. The Labute approximate surface area is 174 Å². The van der Waals surface area contributed by atoms with Crippen LogP contribution in [0.25, 0.3) is 11.0 Å². The lowest BCUT2D eigenvalue weighted by atomic mass is 10.2. The molecule has 1 aromatic heterocycles. The summed E-state index contributed by atoms with van der Waals surface area (Å²) in [6.45, 7) is 3.95. The van der Waals surface area contributed by atoms with Crippen molar-refractivity contribution >= 4 is 34.5 Å². The number of anilines is 1. The molecular weight excluding hydrogens is 394 g/mol. The lowest BCUT2D eigenvalue weighted by Gasteiger charge is -2.13. The molecule has 0 atom stereocenters. The molecule has 3 aromatic rings. The Morgan fingerprint density at radius 2 is 2.00 bits per heavy atom. The molecule has 0 unspecified atom stereocenters. The molecule has 0 saturated heterocycles. The number of aromatic nitrogens is 2. The molecule has 0 spiro atoms. The van der Waals surface area contributed by atoms with Crippen LogP contribution in [0.2, 0.25) is 5.02 Å². The summed E-state index contributed by atoms with van der Waals surface area (Å²) in [5.41, 5.74) is 2.11. The van der Waals surface area contributed by atoms with Crippen LogP contribution in [-0.2, 0) is 11.3 Å². The second kappa shape index (κ2) is 9.62. The van der Waals surface area contributed by atoms with E-state index in [1.807, 2.05) is 35.8 Å². The Morgan fingerprint density at radius 1 is 1.21 bits per heavy atom. The number of ether oxygens (including phenoxy) is 3. The topological polar surface area (TPSA) is 74.6 Å². The first-order valence-electron chi connectivity index (χ1n) is 9.35. The predicted molar refractivity (Wildman–Crippen MR) is 113 cm³/mol. The van der Waals surface area contributed by atoms with Gasteiger partial charge < -0.3 is 18.8 Å². The van der Waals surface area contributed by atoms with Gasteiger partial charge in [-0.2, -0.15) is 0 Å². The quantitative estimate of drug-likeness (QED) is 0.523. The molecule has 2 aromatic carbocycles. The van der Waals surface area contributed by atoms with E-state index in [1.54, 1.807) is 12.1 Å². The summed E-state index contributed by atoms with van der Waals surface area (Å²) in [5.74, 6) is 0.900. The van der Waals surface area contributed by atoms with Gasteiger partial charge in [0.05, 0.1) is 30.3 Å². The van der Waals surface area contributed by atoms with Crippen LogP contribution in [0.15, 0.2) is 36.4 Å². The number of rotatable bonds is 9. The van der Waals surface area contributed by atoms with E-state index in [0.29, 0.717) is 47.8 Å². The summed E-state index contributed by atoms with van der Waals surface area (Å²) in [6.07, 6.45) is 0.805. The molecule has 8 heteroatoms. The maximum Gasteiger partial charge on any atom is 0.258 e. The zero-order chi connectivity index (χ0) is 20.8. The molecule has 1 N–H and O–H groups in total. The zero-order valence-electron chi connectivity index (χ0n) is 16.7. The normalized spacial score (nSPS) is 10.9. The first-order chi connectivity index (χ1) is 14.1. The molecule has 0 fully saturated rings. The van der Waals surface area contributed by atoms with Gasteiger partial charge in [0.15, 0.2) is 11.5 Å². The Hall–Kier alpha value is -2.77. The van der Waals surface area contributed by atoms with Crippen LogP contribution in [0.3, 0.4) is 0 Å². The van der Waals surface area contributed by atoms with Crippen molar-refractivity contribution in [3.63, 3.8) is 0 Å². The molecule has 154 valence electrons. The number of benzene rings is 2. The number of hydrogen-bond donors (Lipinski definition) is 1. The molecule has 7 nitrogen and oxygen atoms in total. The Kier molecular flexibility index (Phi) is 6.95. The van der Waals surface area contributed by atoms with E-state index in [4.69, 9.17) is 25.8 Å². The predicted octanol–water partition coefficient (Wildman–Crippen LogP) is 4.39. The minimum Gasteiger partial charge on any atom is -0.493 e. The first-order valence-corrected chi connectivity index (χ1v) is 9.72. The molecule has 0 aliphatic heterocycles. The molecule has 0 saturated carbocycles. The first kappa shape index (κ1) is 21.0. The molecule has 0 aliphatic carbocycles. The van der Waals surface area contributed by atoms with Gasteiger partial charge in [-0.15, -0.1) is 0 Å². The van der Waals surface area contributed by atoms with E-state index in [1.165, 1.54) is 14.2 Å². The van der Waals surface area contributed by atoms with Crippen molar-refractivity contribution in [1.82, 2.24) is 9.55 Å². The fourth-order valence-corrected chi connectivity index (χ4v) is 3.38. The molecule has 0 bridgehead atoms. The number of nitrogens with zero attached hydrogens (tertiary/aromatic N) is 2. The van der Waals surface area contributed by atoms with E-state index in [2.05, 4.69) is 10.3 Å². The Bertz CT molecular complexity index is 1000. The van der Waals surface area contributed by atoms with Crippen LogP contribution in [0.5, 0.6) is 11.5 Å². The van der Waals surface area contributed by atoms with Crippen LogP contribution in [-0.4, -0.2) is 42.9 Å². The second-order valence-corrected chi connectivity index (χ2v) is 6.68. The third kappa shape index (κ3) is 4.63. The smallest absolute Gasteiger partial charge is 0.258 e. The van der Waals surface area contributed by atoms with Gasteiger partial charge in [0.25, 0.3) is 5.91 Å². The largest absolute Gasteiger partial charge is 0.493 e. The van der Waals surface area contributed by atoms with Crippen LogP contribution in [0, 0.1) is 0 Å². The van der Waals surface area contributed by atoms with Gasteiger partial charge in [-0.3, -0.25) is 10.1 Å². The minimum absolute atomic E-state index is 0.294. The monoisotopic (exact) mass is 417 g/mol. The summed E-state index contributed by atoms with van der Waals surface area (Å²) in [5, 5.41) is 3.18. The number of methoxy groups -OCH3 is 2. The SMILES string of the molecule is CCOCCCn1c(NC(=O)c2cc(Cl)c(OC)c(OC)c2)nc2ccccc21. The number of fused-ring (bicyclic) bond motifs is 1. The molecule has 29 heavy (non-hydrogen) atoms. The summed E-state index contributed by atoms with van der Waals surface area (Å²) in [7, 11) is 2.99. The number of carbonyl (C=O) groups is 1. The van der Waals surface area contributed by atoms with Crippen LogP contribution in [0.1, 0.15) is 23.7 Å². The fourth-order valence-electron chi connectivity index (χ4n) is 3.09. The third-order valence-corrected chi connectivity index (χ3v) is 4.73. The Balaban J connectivity index is 1.89. The van der Waals surface area contributed by atoms with Crippen LogP contribution >= 0.6 is 11.6 Å². The number of para-hydroxylation sites is 2. The van der Waals surface area contributed by atoms with Crippen molar-refractivity contribution in [2.24, 2.45) is 0 Å². The van der Waals surface area contributed by atoms with Gasteiger partial charge in [0, 0.05) is 25.3 Å². The average molecular weight is 418 g/mol. The van der Waals surface area contributed by atoms with Gasteiger partial charge in [-0.1, -0.05) is 23.7 Å². The Morgan fingerprint density at radius 3 is 2.72 bits per heavy atom. The van der Waals surface area contributed by atoms with Gasteiger partial charge >= 0.3 is 0 Å². The third-order valence-electron chi connectivity index (χ3n) is 4.45. The number of hydrogen-bond acceptors (Lipinski definition) is 5. The van der Waals surface area contributed by atoms with Gasteiger partial charge in [0.2, 0.25) is 5.95 Å². The van der Waals surface area contributed by atoms with E-state index in [-0.39, 0.29) is 5.91 Å². The minimum atomic E-state index is -0.339. The fraction of sp³-hybridized carbons (Fsp3) is 0.333. The van der Waals surface area contributed by atoms with Crippen molar-refractivity contribution in [3.8, 4) is 11.5 Å². The van der Waals surface area contributed by atoms with E-state index in [9.17, 15) is 4.79 Å². The van der Waals surface area contributed by atoms with E-state index in [0.717, 1.165) is 17.5 Å².